The van der Waals surface area contributed by atoms with Crippen molar-refractivity contribution < 1.29 is 9.59 Å². The van der Waals surface area contributed by atoms with E-state index in [-0.39, 0.29) is 30.3 Å². The molecule has 0 spiro atoms. The van der Waals surface area contributed by atoms with Crippen LogP contribution in [0.2, 0.25) is 0 Å². The van der Waals surface area contributed by atoms with E-state index in [2.05, 4.69) is 39.0 Å². The Morgan fingerprint density at radius 2 is 1.74 bits per heavy atom. The van der Waals surface area contributed by atoms with Crippen LogP contribution in [-0.2, 0) is 11.2 Å². The standard InChI is InChI=1S/C20H21N5O2/c26-18-15-12-21-19(24-11-10-13-6-4-5-9-16(13)24)22-17(15)23-20(27)25(18)14-7-2-1-3-8-14/h1-9,15,17,19,21-22H,10-12H2,(H,23,27). The summed E-state index contributed by atoms with van der Waals surface area (Å²) < 4.78 is 0. The van der Waals surface area contributed by atoms with E-state index in [0.717, 1.165) is 13.0 Å². The largest absolute Gasteiger partial charge is 0.343 e. The molecule has 7 nitrogen and oxygen atoms in total. The number of hydrogen-bond acceptors (Lipinski definition) is 5. The minimum Gasteiger partial charge on any atom is -0.343 e. The maximum absolute atomic E-state index is 13.0. The van der Waals surface area contributed by atoms with E-state index in [1.165, 1.54) is 16.2 Å². The van der Waals surface area contributed by atoms with Gasteiger partial charge in [0.25, 0.3) is 0 Å². The van der Waals surface area contributed by atoms with Crippen LogP contribution in [0.5, 0.6) is 0 Å². The van der Waals surface area contributed by atoms with Crippen LogP contribution in [0.25, 0.3) is 0 Å². The topological polar surface area (TPSA) is 76.7 Å². The van der Waals surface area contributed by atoms with Crippen molar-refractivity contribution in [2.24, 2.45) is 5.92 Å². The van der Waals surface area contributed by atoms with Crippen molar-refractivity contribution in [2.45, 2.75) is 18.9 Å². The van der Waals surface area contributed by atoms with Crippen LogP contribution in [0, 0.1) is 5.92 Å². The van der Waals surface area contributed by atoms with Crippen molar-refractivity contribution in [2.75, 3.05) is 22.9 Å². The first-order chi connectivity index (χ1) is 13.2. The molecule has 5 rings (SSSR count). The van der Waals surface area contributed by atoms with Gasteiger partial charge in [-0.2, -0.15) is 0 Å². The van der Waals surface area contributed by atoms with E-state index in [1.54, 1.807) is 12.1 Å². The molecule has 3 aliphatic heterocycles. The normalized spacial score (nSPS) is 27.2. The first-order valence-electron chi connectivity index (χ1n) is 9.26. The number of urea groups is 1. The number of carbonyl (C=O) groups is 2. The second kappa shape index (κ2) is 6.37. The van der Waals surface area contributed by atoms with Crippen LogP contribution < -0.4 is 25.8 Å². The van der Waals surface area contributed by atoms with E-state index >= 15 is 0 Å². The van der Waals surface area contributed by atoms with Crippen LogP contribution >= 0.6 is 0 Å². The molecular formula is C20H21N5O2. The van der Waals surface area contributed by atoms with Gasteiger partial charge in [0.1, 0.15) is 6.29 Å². The van der Waals surface area contributed by atoms with Gasteiger partial charge in [0.2, 0.25) is 5.91 Å². The minimum atomic E-state index is -0.387. The summed E-state index contributed by atoms with van der Waals surface area (Å²) in [6.07, 6.45) is 0.493. The Balaban J connectivity index is 1.35. The van der Waals surface area contributed by atoms with Crippen LogP contribution in [0.4, 0.5) is 16.2 Å². The molecule has 27 heavy (non-hydrogen) atoms. The molecule has 3 unspecified atom stereocenters. The summed E-state index contributed by atoms with van der Waals surface area (Å²) in [6.45, 7) is 1.41. The molecule has 0 aliphatic carbocycles. The Kier molecular flexibility index (Phi) is 3.84. The molecular weight excluding hydrogens is 342 g/mol. The van der Waals surface area contributed by atoms with Crippen molar-refractivity contribution in [1.29, 1.82) is 0 Å². The Bertz CT molecular complexity index is 887. The highest BCUT2D eigenvalue weighted by Gasteiger charge is 2.46. The number of hydrogen-bond donors (Lipinski definition) is 3. The SMILES string of the molecule is O=C1NC2NC(N3CCc4ccccc43)NCC2C(=O)N1c1ccccc1. The summed E-state index contributed by atoms with van der Waals surface area (Å²) in [5.41, 5.74) is 3.11. The summed E-state index contributed by atoms with van der Waals surface area (Å²) in [4.78, 5) is 29.1. The van der Waals surface area contributed by atoms with Gasteiger partial charge in [-0.25, -0.2) is 9.69 Å². The van der Waals surface area contributed by atoms with E-state index < -0.39 is 0 Å². The average molecular weight is 363 g/mol. The van der Waals surface area contributed by atoms with Crippen LogP contribution in [0.1, 0.15) is 5.56 Å². The highest BCUT2D eigenvalue weighted by Crippen LogP contribution is 2.30. The number of nitrogens with zero attached hydrogens (tertiary/aromatic N) is 2. The summed E-state index contributed by atoms with van der Waals surface area (Å²) >= 11 is 0. The zero-order chi connectivity index (χ0) is 18.4. The third-order valence-corrected chi connectivity index (χ3v) is 5.54. The molecule has 3 N–H and O–H groups in total. The Morgan fingerprint density at radius 1 is 0.963 bits per heavy atom. The molecule has 0 aromatic heterocycles. The fourth-order valence-corrected chi connectivity index (χ4v) is 4.19. The zero-order valence-electron chi connectivity index (χ0n) is 14.8. The maximum atomic E-state index is 13.0. The van der Waals surface area contributed by atoms with Gasteiger partial charge >= 0.3 is 6.03 Å². The summed E-state index contributed by atoms with van der Waals surface area (Å²) in [7, 11) is 0. The molecule has 3 atom stereocenters. The zero-order valence-corrected chi connectivity index (χ0v) is 14.8. The summed E-state index contributed by atoms with van der Waals surface area (Å²) in [5.74, 6) is -0.535. The predicted molar refractivity (Wildman–Crippen MR) is 102 cm³/mol. The van der Waals surface area contributed by atoms with Crippen LogP contribution in [0.15, 0.2) is 54.6 Å². The molecule has 0 radical (unpaired) electrons. The van der Waals surface area contributed by atoms with E-state index in [9.17, 15) is 9.59 Å². The molecule has 3 amide bonds. The van der Waals surface area contributed by atoms with Crippen molar-refractivity contribution in [3.05, 3.63) is 60.2 Å². The van der Waals surface area contributed by atoms with Crippen molar-refractivity contribution in [1.82, 2.24) is 16.0 Å². The average Bonchev–Trinajstić information content (AvgIpc) is 3.12. The number of anilines is 2. The lowest BCUT2D eigenvalue weighted by Crippen LogP contribution is -2.75. The Morgan fingerprint density at radius 3 is 2.59 bits per heavy atom. The van der Waals surface area contributed by atoms with Crippen molar-refractivity contribution in [3.63, 3.8) is 0 Å². The third-order valence-electron chi connectivity index (χ3n) is 5.54. The fourth-order valence-electron chi connectivity index (χ4n) is 4.19. The predicted octanol–water partition coefficient (Wildman–Crippen LogP) is 1.22. The third kappa shape index (κ3) is 2.67. The molecule has 3 heterocycles. The van der Waals surface area contributed by atoms with Gasteiger partial charge in [-0.1, -0.05) is 36.4 Å². The van der Waals surface area contributed by atoms with Gasteiger partial charge in [0.15, 0.2) is 0 Å². The van der Waals surface area contributed by atoms with Gasteiger partial charge < -0.3 is 10.2 Å². The summed E-state index contributed by atoms with van der Waals surface area (Å²) in [6, 6.07) is 17.0. The van der Waals surface area contributed by atoms with Crippen molar-refractivity contribution >= 4 is 23.3 Å². The smallest absolute Gasteiger partial charge is 0.330 e. The first kappa shape index (κ1) is 16.3. The molecule has 2 aromatic rings. The maximum Gasteiger partial charge on any atom is 0.330 e. The monoisotopic (exact) mass is 363 g/mol. The number of para-hydroxylation sites is 2. The summed E-state index contributed by atoms with van der Waals surface area (Å²) in [5, 5.41) is 9.80. The molecule has 3 aliphatic rings. The molecule has 138 valence electrons. The lowest BCUT2D eigenvalue weighted by molar-refractivity contribution is -0.124. The van der Waals surface area contributed by atoms with Gasteiger partial charge in [0, 0.05) is 18.8 Å². The van der Waals surface area contributed by atoms with Crippen LogP contribution in [0.3, 0.4) is 0 Å². The number of fused-ring (bicyclic) bond motifs is 2. The first-order valence-corrected chi connectivity index (χ1v) is 9.26. The molecule has 0 saturated carbocycles. The van der Waals surface area contributed by atoms with E-state index in [4.69, 9.17) is 0 Å². The van der Waals surface area contributed by atoms with Gasteiger partial charge in [-0.15, -0.1) is 0 Å². The number of amides is 3. The van der Waals surface area contributed by atoms with Crippen molar-refractivity contribution in [3.8, 4) is 0 Å². The molecule has 2 fully saturated rings. The second-order valence-electron chi connectivity index (χ2n) is 7.09. The van der Waals surface area contributed by atoms with E-state index in [0.29, 0.717) is 12.2 Å². The minimum absolute atomic E-state index is 0.119. The molecule has 2 saturated heterocycles. The fraction of sp³-hybridized carbons (Fsp3) is 0.300. The molecule has 2 aromatic carbocycles. The number of nitrogens with one attached hydrogen (secondary N) is 3. The number of imide groups is 1. The van der Waals surface area contributed by atoms with Gasteiger partial charge in [-0.05, 0) is 30.2 Å². The highest BCUT2D eigenvalue weighted by atomic mass is 16.2. The quantitative estimate of drug-likeness (QED) is 0.748. The lowest BCUT2D eigenvalue weighted by Gasteiger charge is -2.46. The molecule has 0 bridgehead atoms. The van der Waals surface area contributed by atoms with E-state index in [1.807, 2.05) is 24.3 Å². The Labute approximate surface area is 157 Å². The Hall–Kier alpha value is -2.90. The number of rotatable bonds is 2. The van der Waals surface area contributed by atoms with Gasteiger partial charge in [0.05, 0.1) is 17.8 Å². The van der Waals surface area contributed by atoms with Gasteiger partial charge in [-0.3, -0.25) is 15.4 Å². The number of carbonyl (C=O) groups excluding carboxylic acids is 2. The van der Waals surface area contributed by atoms with Crippen LogP contribution in [-0.4, -0.2) is 37.5 Å². The lowest BCUT2D eigenvalue weighted by atomic mass is 9.99. The highest BCUT2D eigenvalue weighted by molar-refractivity contribution is 6.17. The molecule has 7 heteroatoms. The second-order valence-corrected chi connectivity index (χ2v) is 7.09. The number of benzene rings is 2.